The van der Waals surface area contributed by atoms with E-state index in [0.717, 1.165) is 22.4 Å². The molecule has 1 heterocycles. The zero-order valence-corrected chi connectivity index (χ0v) is 16.1. The second kappa shape index (κ2) is 8.99. The highest BCUT2D eigenvalue weighted by atomic mass is 16.2. The molecule has 1 atom stereocenters. The van der Waals surface area contributed by atoms with Crippen LogP contribution in [0.5, 0.6) is 0 Å². The molecule has 2 N–H and O–H groups in total. The van der Waals surface area contributed by atoms with Crippen LogP contribution in [0.15, 0.2) is 67.3 Å². The minimum Gasteiger partial charge on any atom is -0.347 e. The normalized spacial score (nSPS) is 11.6. The summed E-state index contributed by atoms with van der Waals surface area (Å²) in [6.07, 6.45) is 5.01. The van der Waals surface area contributed by atoms with Gasteiger partial charge in [-0.05, 0) is 36.6 Å². The molecule has 0 spiro atoms. The lowest BCUT2D eigenvalue weighted by atomic mass is 10.1. The zero-order chi connectivity index (χ0) is 19.9. The van der Waals surface area contributed by atoms with Crippen LogP contribution in [-0.2, 0) is 16.1 Å². The van der Waals surface area contributed by atoms with E-state index in [1.165, 1.54) is 0 Å². The first-order chi connectivity index (χ1) is 13.5. The molecule has 6 heteroatoms. The highest BCUT2D eigenvalue weighted by Crippen LogP contribution is 2.18. The molecule has 144 valence electrons. The Hall–Kier alpha value is -3.41. The third-order valence-electron chi connectivity index (χ3n) is 4.69. The molecule has 3 rings (SSSR count). The maximum absolute atomic E-state index is 12.5. The quantitative estimate of drug-likeness (QED) is 0.621. The maximum Gasteiger partial charge on any atom is 0.233 e. The van der Waals surface area contributed by atoms with E-state index in [4.69, 9.17) is 0 Å². The van der Waals surface area contributed by atoms with Gasteiger partial charge in [-0.3, -0.25) is 9.59 Å². The number of nitrogens with one attached hydrogen (secondary N) is 2. The Labute approximate surface area is 164 Å². The third-order valence-corrected chi connectivity index (χ3v) is 4.69. The molecule has 0 bridgehead atoms. The van der Waals surface area contributed by atoms with Crippen molar-refractivity contribution in [1.29, 1.82) is 0 Å². The van der Waals surface area contributed by atoms with E-state index in [1.807, 2.05) is 73.1 Å². The SMILES string of the molecule is Cc1cccc(NC(=O)CC(=O)N[C@@H](Cn2ccnc2)c2ccccc2)c1C. The summed E-state index contributed by atoms with van der Waals surface area (Å²) in [6.45, 7) is 4.47. The number of hydrogen-bond acceptors (Lipinski definition) is 3. The van der Waals surface area contributed by atoms with Crippen LogP contribution in [0.2, 0.25) is 0 Å². The smallest absolute Gasteiger partial charge is 0.233 e. The first kappa shape index (κ1) is 19.4. The van der Waals surface area contributed by atoms with E-state index in [9.17, 15) is 9.59 Å². The van der Waals surface area contributed by atoms with Gasteiger partial charge >= 0.3 is 0 Å². The van der Waals surface area contributed by atoms with E-state index >= 15 is 0 Å². The van der Waals surface area contributed by atoms with Crippen molar-refractivity contribution in [2.45, 2.75) is 32.9 Å². The molecule has 0 unspecified atom stereocenters. The minimum absolute atomic E-state index is 0.235. The number of carbonyl (C=O) groups is 2. The Balaban J connectivity index is 1.64. The molecule has 0 aliphatic heterocycles. The van der Waals surface area contributed by atoms with E-state index < -0.39 is 0 Å². The largest absolute Gasteiger partial charge is 0.347 e. The Bertz CT molecular complexity index is 936. The molecule has 1 aromatic heterocycles. The summed E-state index contributed by atoms with van der Waals surface area (Å²) < 4.78 is 1.90. The summed E-state index contributed by atoms with van der Waals surface area (Å²) in [5.41, 5.74) is 3.79. The zero-order valence-electron chi connectivity index (χ0n) is 16.1. The summed E-state index contributed by atoms with van der Waals surface area (Å²) in [6, 6.07) is 15.1. The van der Waals surface area contributed by atoms with Gasteiger partial charge in [0.1, 0.15) is 6.42 Å². The Morgan fingerprint density at radius 2 is 1.82 bits per heavy atom. The number of amides is 2. The molecule has 3 aromatic rings. The second-order valence-electron chi connectivity index (χ2n) is 6.76. The van der Waals surface area contributed by atoms with Crippen LogP contribution in [0.25, 0.3) is 0 Å². The predicted molar refractivity (Wildman–Crippen MR) is 109 cm³/mol. The van der Waals surface area contributed by atoms with Crippen molar-refractivity contribution in [3.05, 3.63) is 83.9 Å². The Kier molecular flexibility index (Phi) is 6.22. The van der Waals surface area contributed by atoms with Gasteiger partial charge in [-0.25, -0.2) is 4.98 Å². The molecule has 28 heavy (non-hydrogen) atoms. The summed E-state index contributed by atoms with van der Waals surface area (Å²) in [5, 5.41) is 5.79. The maximum atomic E-state index is 12.5. The molecule has 0 radical (unpaired) electrons. The minimum atomic E-state index is -0.333. The molecule has 0 saturated carbocycles. The lowest BCUT2D eigenvalue weighted by molar-refractivity contribution is -0.127. The van der Waals surface area contributed by atoms with E-state index in [2.05, 4.69) is 15.6 Å². The predicted octanol–water partition coefficient (Wildman–Crippen LogP) is 3.39. The van der Waals surface area contributed by atoms with Crippen molar-refractivity contribution >= 4 is 17.5 Å². The monoisotopic (exact) mass is 376 g/mol. The number of benzene rings is 2. The molecule has 0 aliphatic carbocycles. The number of anilines is 1. The van der Waals surface area contributed by atoms with Crippen molar-refractivity contribution in [2.24, 2.45) is 0 Å². The van der Waals surface area contributed by atoms with E-state index in [1.54, 1.807) is 12.5 Å². The molecule has 0 aliphatic rings. The first-order valence-corrected chi connectivity index (χ1v) is 9.19. The third kappa shape index (κ3) is 5.07. The summed E-state index contributed by atoms with van der Waals surface area (Å²) in [7, 11) is 0. The fourth-order valence-corrected chi connectivity index (χ4v) is 3.00. The Morgan fingerprint density at radius 3 is 2.54 bits per heavy atom. The molecule has 2 aromatic carbocycles. The van der Waals surface area contributed by atoms with Crippen molar-refractivity contribution in [2.75, 3.05) is 5.32 Å². The molecule has 0 fully saturated rings. The van der Waals surface area contributed by atoms with Crippen LogP contribution >= 0.6 is 0 Å². The standard InChI is InChI=1S/C22H24N4O2/c1-16-7-6-10-19(17(16)2)24-21(27)13-22(28)25-20(14-26-12-11-23-15-26)18-8-4-3-5-9-18/h3-12,15,20H,13-14H2,1-2H3,(H,24,27)(H,25,28)/t20-/m0/s1. The lowest BCUT2D eigenvalue weighted by Gasteiger charge is -2.20. The summed E-state index contributed by atoms with van der Waals surface area (Å²) in [4.78, 5) is 28.9. The average molecular weight is 376 g/mol. The Morgan fingerprint density at radius 1 is 1.04 bits per heavy atom. The van der Waals surface area contributed by atoms with Gasteiger partial charge in [0.05, 0.1) is 12.4 Å². The number of hydrogen-bond donors (Lipinski definition) is 2. The van der Waals surface area contributed by atoms with Gasteiger partial charge in [-0.15, -0.1) is 0 Å². The number of imidazole rings is 1. The van der Waals surface area contributed by atoms with Crippen molar-refractivity contribution in [3.63, 3.8) is 0 Å². The van der Waals surface area contributed by atoms with Gasteiger partial charge in [0, 0.05) is 24.6 Å². The van der Waals surface area contributed by atoms with E-state index in [-0.39, 0.29) is 24.3 Å². The first-order valence-electron chi connectivity index (χ1n) is 9.19. The summed E-state index contributed by atoms with van der Waals surface area (Å²) in [5.74, 6) is -0.655. The van der Waals surface area contributed by atoms with Gasteiger partial charge in [-0.2, -0.15) is 0 Å². The number of aryl methyl sites for hydroxylation is 1. The molecule has 2 amide bonds. The van der Waals surface area contributed by atoms with Crippen LogP contribution in [-0.4, -0.2) is 21.4 Å². The van der Waals surface area contributed by atoms with Gasteiger partial charge in [0.15, 0.2) is 0 Å². The molecular weight excluding hydrogens is 352 g/mol. The van der Waals surface area contributed by atoms with Crippen molar-refractivity contribution < 1.29 is 9.59 Å². The fourth-order valence-electron chi connectivity index (χ4n) is 3.00. The highest BCUT2D eigenvalue weighted by Gasteiger charge is 2.18. The van der Waals surface area contributed by atoms with Gasteiger partial charge < -0.3 is 15.2 Å². The average Bonchev–Trinajstić information content (AvgIpc) is 3.19. The van der Waals surface area contributed by atoms with Crippen molar-refractivity contribution in [1.82, 2.24) is 14.9 Å². The van der Waals surface area contributed by atoms with Crippen LogP contribution in [0, 0.1) is 13.8 Å². The number of rotatable bonds is 7. The van der Waals surface area contributed by atoms with Gasteiger partial charge in [-0.1, -0.05) is 42.5 Å². The number of carbonyl (C=O) groups excluding carboxylic acids is 2. The van der Waals surface area contributed by atoms with Crippen LogP contribution in [0.3, 0.4) is 0 Å². The van der Waals surface area contributed by atoms with Gasteiger partial charge in [0.25, 0.3) is 0 Å². The van der Waals surface area contributed by atoms with Crippen molar-refractivity contribution in [3.8, 4) is 0 Å². The second-order valence-corrected chi connectivity index (χ2v) is 6.76. The molecular formula is C22H24N4O2. The number of nitrogens with zero attached hydrogens (tertiary/aromatic N) is 2. The van der Waals surface area contributed by atoms with E-state index in [0.29, 0.717) is 6.54 Å². The fraction of sp³-hybridized carbons (Fsp3) is 0.227. The lowest BCUT2D eigenvalue weighted by Crippen LogP contribution is -2.33. The summed E-state index contributed by atoms with van der Waals surface area (Å²) >= 11 is 0. The highest BCUT2D eigenvalue weighted by molar-refractivity contribution is 6.04. The topological polar surface area (TPSA) is 76.0 Å². The van der Waals surface area contributed by atoms with Crippen LogP contribution in [0.1, 0.15) is 29.2 Å². The number of aromatic nitrogens is 2. The molecule has 6 nitrogen and oxygen atoms in total. The van der Waals surface area contributed by atoms with Gasteiger partial charge in [0.2, 0.25) is 11.8 Å². The molecule has 0 saturated heterocycles. The van der Waals surface area contributed by atoms with Crippen LogP contribution < -0.4 is 10.6 Å². The van der Waals surface area contributed by atoms with Crippen LogP contribution in [0.4, 0.5) is 5.69 Å².